The Labute approximate surface area is 200 Å². The number of nitrogens with one attached hydrogen (secondary N) is 2. The van der Waals surface area contributed by atoms with Crippen molar-refractivity contribution >= 4 is 52.6 Å². The molecule has 0 spiro atoms. The van der Waals surface area contributed by atoms with Gasteiger partial charge in [0.15, 0.2) is 11.7 Å². The highest BCUT2D eigenvalue weighted by Crippen LogP contribution is 2.30. The molecule has 1 fully saturated rings. The topological polar surface area (TPSA) is 52.6 Å². The number of nitrogens with zero attached hydrogens (tertiary/aromatic N) is 3. The maximum atomic E-state index is 12.6. The van der Waals surface area contributed by atoms with Crippen LogP contribution in [-0.4, -0.2) is 49.1 Å². The van der Waals surface area contributed by atoms with Crippen molar-refractivity contribution in [1.29, 1.82) is 0 Å². The third kappa shape index (κ3) is 7.97. The number of rotatable bonds is 7. The lowest BCUT2D eigenvalue weighted by atomic mass is 9.97. The molecule has 0 atom stereocenters. The van der Waals surface area contributed by atoms with Gasteiger partial charge in [0.2, 0.25) is 0 Å². The molecule has 1 aliphatic rings. The fourth-order valence-electron chi connectivity index (χ4n) is 3.28. The molecule has 168 valence electrons. The number of hydrogen-bond acceptors (Lipinski definition) is 5. The van der Waals surface area contributed by atoms with E-state index in [9.17, 15) is 13.2 Å². The monoisotopic (exact) mass is 573 g/mol. The van der Waals surface area contributed by atoms with Gasteiger partial charge in [-0.15, -0.1) is 46.7 Å². The van der Waals surface area contributed by atoms with Crippen LogP contribution in [0.2, 0.25) is 0 Å². The van der Waals surface area contributed by atoms with E-state index in [2.05, 4.69) is 43.0 Å². The van der Waals surface area contributed by atoms with Crippen LogP contribution in [0, 0.1) is 5.92 Å². The van der Waals surface area contributed by atoms with Crippen LogP contribution in [0.4, 0.5) is 13.2 Å². The summed E-state index contributed by atoms with van der Waals surface area (Å²) >= 11 is 2.84. The molecule has 3 heterocycles. The van der Waals surface area contributed by atoms with Gasteiger partial charge in [-0.2, -0.15) is 13.2 Å². The molecule has 2 aromatic rings. The smallest absolute Gasteiger partial charge is 0.356 e. The fourth-order valence-corrected chi connectivity index (χ4v) is 4.83. The number of likely N-dealkylation sites (tertiary alicyclic amines) is 1. The summed E-state index contributed by atoms with van der Waals surface area (Å²) in [6, 6.07) is 4.28. The van der Waals surface area contributed by atoms with Gasteiger partial charge in [0.25, 0.3) is 0 Å². The molecule has 0 radical (unpaired) electrons. The van der Waals surface area contributed by atoms with Gasteiger partial charge < -0.3 is 10.6 Å². The summed E-state index contributed by atoms with van der Waals surface area (Å²) in [5, 5.41) is 10.2. The lowest BCUT2D eigenvalue weighted by Gasteiger charge is -2.32. The molecule has 0 aliphatic carbocycles. The van der Waals surface area contributed by atoms with Crippen molar-refractivity contribution in [3.63, 3.8) is 0 Å². The lowest BCUT2D eigenvalue weighted by Crippen LogP contribution is -2.43. The van der Waals surface area contributed by atoms with Gasteiger partial charge in [-0.3, -0.25) is 9.89 Å². The van der Waals surface area contributed by atoms with E-state index in [0.29, 0.717) is 29.9 Å². The van der Waals surface area contributed by atoms with E-state index < -0.39 is 11.9 Å². The molecular weight excluding hydrogens is 546 g/mol. The summed E-state index contributed by atoms with van der Waals surface area (Å²) in [7, 11) is 1.70. The van der Waals surface area contributed by atoms with Gasteiger partial charge in [-0.25, -0.2) is 4.98 Å². The molecular formula is C19H27F3IN5S2. The molecule has 11 heteroatoms. The Morgan fingerprint density at radius 2 is 2.03 bits per heavy atom. The number of hydrogen-bond donors (Lipinski definition) is 2. The maximum absolute atomic E-state index is 12.6. The first-order valence-electron chi connectivity index (χ1n) is 9.65. The first-order chi connectivity index (χ1) is 13.9. The van der Waals surface area contributed by atoms with Crippen LogP contribution in [0.3, 0.4) is 0 Å². The van der Waals surface area contributed by atoms with E-state index in [4.69, 9.17) is 0 Å². The number of halogens is 4. The van der Waals surface area contributed by atoms with Crippen LogP contribution in [0.1, 0.15) is 28.4 Å². The van der Waals surface area contributed by atoms with Gasteiger partial charge in [0.1, 0.15) is 0 Å². The first-order valence-corrected chi connectivity index (χ1v) is 11.4. The minimum absolute atomic E-state index is 0. The highest BCUT2D eigenvalue weighted by atomic mass is 127. The molecule has 1 saturated heterocycles. The molecule has 0 aromatic carbocycles. The molecule has 0 amide bonds. The highest BCUT2D eigenvalue weighted by molar-refractivity contribution is 14.0. The average molecular weight is 573 g/mol. The third-order valence-corrected chi connectivity index (χ3v) is 6.69. The average Bonchev–Trinajstić information content (AvgIpc) is 3.37. The van der Waals surface area contributed by atoms with Crippen LogP contribution >= 0.6 is 46.7 Å². The van der Waals surface area contributed by atoms with Crippen molar-refractivity contribution in [3.8, 4) is 0 Å². The normalized spacial score (nSPS) is 16.3. The Balaban J connectivity index is 0.00000320. The highest BCUT2D eigenvalue weighted by Gasteiger charge is 2.33. The fraction of sp³-hybridized carbons (Fsp3) is 0.579. The van der Waals surface area contributed by atoms with Crippen LogP contribution in [0.5, 0.6) is 0 Å². The SMILES string of the molecule is CN=C(NCCc1nc(C(F)(F)F)cs1)NCC1CCN(Cc2cccs2)CC1.I. The second-order valence-corrected chi connectivity index (χ2v) is 9.03. The predicted molar refractivity (Wildman–Crippen MR) is 128 cm³/mol. The van der Waals surface area contributed by atoms with Crippen molar-refractivity contribution in [2.24, 2.45) is 10.9 Å². The minimum Gasteiger partial charge on any atom is -0.356 e. The van der Waals surface area contributed by atoms with Gasteiger partial charge >= 0.3 is 6.18 Å². The van der Waals surface area contributed by atoms with E-state index in [1.54, 1.807) is 18.4 Å². The number of piperidine rings is 1. The van der Waals surface area contributed by atoms with Crippen LogP contribution < -0.4 is 10.6 Å². The van der Waals surface area contributed by atoms with Crippen LogP contribution in [-0.2, 0) is 19.1 Å². The molecule has 2 N–H and O–H groups in total. The number of guanidine groups is 1. The second-order valence-electron chi connectivity index (χ2n) is 7.05. The zero-order valence-electron chi connectivity index (χ0n) is 16.7. The number of aromatic nitrogens is 1. The molecule has 30 heavy (non-hydrogen) atoms. The quantitative estimate of drug-likeness (QED) is 0.292. The Kier molecular flexibility index (Phi) is 10.3. The standard InChI is InChI=1S/C19H26F3N5S2.HI/c1-23-18(24-7-4-17-26-16(13-29-17)19(20,21)22)25-11-14-5-8-27(9-6-14)12-15-3-2-10-28-15;/h2-3,10,13-14H,4-9,11-12H2,1H3,(H2,23,24,25);1H. The van der Waals surface area contributed by atoms with Crippen molar-refractivity contribution in [1.82, 2.24) is 20.5 Å². The molecule has 0 saturated carbocycles. The lowest BCUT2D eigenvalue weighted by molar-refractivity contribution is -0.140. The van der Waals surface area contributed by atoms with E-state index in [-0.39, 0.29) is 24.0 Å². The van der Waals surface area contributed by atoms with Gasteiger partial charge in [-0.05, 0) is 43.3 Å². The van der Waals surface area contributed by atoms with E-state index in [1.165, 1.54) is 4.88 Å². The van der Waals surface area contributed by atoms with Gasteiger partial charge in [0.05, 0.1) is 5.01 Å². The zero-order chi connectivity index (χ0) is 20.7. The van der Waals surface area contributed by atoms with E-state index >= 15 is 0 Å². The molecule has 1 aliphatic heterocycles. The minimum atomic E-state index is -4.38. The van der Waals surface area contributed by atoms with E-state index in [1.807, 2.05) is 0 Å². The molecule has 3 rings (SSSR count). The second kappa shape index (κ2) is 12.2. The summed E-state index contributed by atoms with van der Waals surface area (Å²) in [5.74, 6) is 1.28. The third-order valence-electron chi connectivity index (χ3n) is 4.92. The Hall–Kier alpha value is -0.920. The summed E-state index contributed by atoms with van der Waals surface area (Å²) in [6.07, 6.45) is -1.65. The van der Waals surface area contributed by atoms with Crippen molar-refractivity contribution < 1.29 is 13.2 Å². The van der Waals surface area contributed by atoms with Crippen LogP contribution in [0.15, 0.2) is 27.9 Å². The zero-order valence-corrected chi connectivity index (χ0v) is 20.7. The van der Waals surface area contributed by atoms with E-state index in [0.717, 1.165) is 55.7 Å². The van der Waals surface area contributed by atoms with Gasteiger partial charge in [-0.1, -0.05) is 6.07 Å². The number of thiazole rings is 1. The molecule has 0 unspecified atom stereocenters. The molecule has 5 nitrogen and oxygen atoms in total. The van der Waals surface area contributed by atoms with Crippen molar-refractivity contribution in [2.45, 2.75) is 32.0 Å². The Morgan fingerprint density at radius 3 is 2.63 bits per heavy atom. The van der Waals surface area contributed by atoms with Crippen LogP contribution in [0.25, 0.3) is 0 Å². The largest absolute Gasteiger partial charge is 0.434 e. The molecule has 2 aromatic heterocycles. The Bertz CT molecular complexity index is 771. The Morgan fingerprint density at radius 1 is 1.27 bits per heavy atom. The predicted octanol–water partition coefficient (Wildman–Crippen LogP) is 4.46. The van der Waals surface area contributed by atoms with Crippen molar-refractivity contribution in [2.75, 3.05) is 33.2 Å². The van der Waals surface area contributed by atoms with Crippen molar-refractivity contribution in [3.05, 3.63) is 38.5 Å². The summed E-state index contributed by atoms with van der Waals surface area (Å²) in [4.78, 5) is 11.8. The first kappa shape index (κ1) is 25.3. The summed E-state index contributed by atoms with van der Waals surface area (Å²) < 4.78 is 37.8. The number of aliphatic imine (C=N–C) groups is 1. The number of alkyl halides is 3. The summed E-state index contributed by atoms with van der Waals surface area (Å²) in [5.41, 5.74) is -0.814. The summed E-state index contributed by atoms with van der Waals surface area (Å²) in [6.45, 7) is 4.57. The number of thiophene rings is 1. The maximum Gasteiger partial charge on any atom is 0.434 e. The molecule has 0 bridgehead atoms. The van der Waals surface area contributed by atoms with Gasteiger partial charge in [0, 0.05) is 43.4 Å².